The summed E-state index contributed by atoms with van der Waals surface area (Å²) in [7, 11) is 0. The number of benzene rings is 1. The third-order valence-electron chi connectivity index (χ3n) is 7.05. The van der Waals surface area contributed by atoms with Gasteiger partial charge in [-0.15, -0.1) is 0 Å². The van der Waals surface area contributed by atoms with E-state index in [-0.39, 0.29) is 24.6 Å². The van der Waals surface area contributed by atoms with Gasteiger partial charge in [0.1, 0.15) is 17.1 Å². The van der Waals surface area contributed by atoms with Crippen LogP contribution in [-0.4, -0.2) is 33.3 Å². The maximum absolute atomic E-state index is 14.3. The standard InChI is InChI=1S/C24H19Cl2F4N5O2/c25-16-6-15(7-17(26)20(16)27)23(24(28,29)30)8-19(34-37-23)35-10-13-5-18(32-9-14(13)11-35)21(36)33-22(12-31)3-1-2-4-22/h5-7,9H,1-4,8,10-11H2,(H,33,36). The fourth-order valence-electron chi connectivity index (χ4n) is 4.96. The number of amides is 1. The minimum absolute atomic E-state index is 0.0190. The monoisotopic (exact) mass is 555 g/mol. The third-order valence-corrected chi connectivity index (χ3v) is 7.60. The number of rotatable bonds is 3. The van der Waals surface area contributed by atoms with Crippen LogP contribution in [0.15, 0.2) is 29.6 Å². The van der Waals surface area contributed by atoms with Crippen LogP contribution in [0.2, 0.25) is 10.0 Å². The van der Waals surface area contributed by atoms with Crippen LogP contribution < -0.4 is 5.32 Å². The van der Waals surface area contributed by atoms with Crippen molar-refractivity contribution in [2.75, 3.05) is 0 Å². The molecule has 1 unspecified atom stereocenters. The smallest absolute Gasteiger partial charge is 0.372 e. The number of nitriles is 1. The van der Waals surface area contributed by atoms with Crippen LogP contribution in [0, 0.1) is 17.1 Å². The molecule has 3 heterocycles. The summed E-state index contributed by atoms with van der Waals surface area (Å²) in [6.07, 6.45) is -1.28. The van der Waals surface area contributed by atoms with Crippen molar-refractivity contribution in [1.82, 2.24) is 15.2 Å². The van der Waals surface area contributed by atoms with Gasteiger partial charge in [-0.3, -0.25) is 9.78 Å². The van der Waals surface area contributed by atoms with Gasteiger partial charge >= 0.3 is 6.18 Å². The molecule has 0 radical (unpaired) electrons. The molecule has 1 aliphatic carbocycles. The maximum atomic E-state index is 14.3. The Kier molecular flexibility index (Phi) is 6.23. The highest BCUT2D eigenvalue weighted by molar-refractivity contribution is 6.35. The molecule has 1 N–H and O–H groups in total. The molecule has 37 heavy (non-hydrogen) atoms. The summed E-state index contributed by atoms with van der Waals surface area (Å²) in [6.45, 7) is 0.371. The van der Waals surface area contributed by atoms with E-state index >= 15 is 0 Å². The predicted molar refractivity (Wildman–Crippen MR) is 125 cm³/mol. The van der Waals surface area contributed by atoms with Crippen LogP contribution in [0.5, 0.6) is 0 Å². The van der Waals surface area contributed by atoms with Gasteiger partial charge in [0, 0.05) is 24.8 Å². The molecular formula is C24H19Cl2F4N5O2. The molecule has 0 saturated heterocycles. The number of carbonyl (C=O) groups is 1. The molecule has 3 aliphatic rings. The highest BCUT2D eigenvalue weighted by Crippen LogP contribution is 2.50. The fourth-order valence-corrected chi connectivity index (χ4v) is 5.45. The quantitative estimate of drug-likeness (QED) is 0.393. The number of amidine groups is 1. The maximum Gasteiger partial charge on any atom is 0.435 e. The molecule has 1 atom stereocenters. The number of fused-ring (bicyclic) bond motifs is 1. The number of pyridine rings is 1. The number of hydrogen-bond acceptors (Lipinski definition) is 6. The number of nitrogens with one attached hydrogen (secondary N) is 1. The van der Waals surface area contributed by atoms with E-state index in [0.29, 0.717) is 24.0 Å². The lowest BCUT2D eigenvalue weighted by atomic mass is 9.89. The molecule has 1 aromatic heterocycles. The van der Waals surface area contributed by atoms with E-state index in [9.17, 15) is 27.6 Å². The van der Waals surface area contributed by atoms with E-state index in [2.05, 4.69) is 21.5 Å². The van der Waals surface area contributed by atoms with Crippen molar-refractivity contribution in [2.24, 2.45) is 5.16 Å². The van der Waals surface area contributed by atoms with E-state index in [1.807, 2.05) is 0 Å². The number of nitrogens with zero attached hydrogens (tertiary/aromatic N) is 4. The van der Waals surface area contributed by atoms with Crippen LogP contribution in [0.3, 0.4) is 0 Å². The van der Waals surface area contributed by atoms with Gasteiger partial charge in [0.15, 0.2) is 5.82 Å². The van der Waals surface area contributed by atoms with Gasteiger partial charge in [0.25, 0.3) is 11.5 Å². The summed E-state index contributed by atoms with van der Waals surface area (Å²) in [5.41, 5.74) is -2.75. The third kappa shape index (κ3) is 4.36. The number of carbonyl (C=O) groups excluding carboxylic acids is 1. The molecule has 1 fully saturated rings. The lowest BCUT2D eigenvalue weighted by Crippen LogP contribution is -2.45. The summed E-state index contributed by atoms with van der Waals surface area (Å²) in [5.74, 6) is -1.49. The molecule has 0 spiro atoms. The molecule has 13 heteroatoms. The van der Waals surface area contributed by atoms with Gasteiger partial charge in [-0.1, -0.05) is 28.4 Å². The largest absolute Gasteiger partial charge is 0.435 e. The number of alkyl halides is 3. The Balaban J connectivity index is 1.35. The molecule has 1 aromatic carbocycles. The molecule has 0 bridgehead atoms. The highest BCUT2D eigenvalue weighted by atomic mass is 35.5. The molecule has 7 nitrogen and oxygen atoms in total. The Morgan fingerprint density at radius 3 is 2.41 bits per heavy atom. The Morgan fingerprint density at radius 1 is 1.14 bits per heavy atom. The van der Waals surface area contributed by atoms with Crippen LogP contribution in [0.1, 0.15) is 59.3 Å². The number of halogens is 6. The molecule has 194 valence electrons. The van der Waals surface area contributed by atoms with E-state index < -0.39 is 51.1 Å². The molecule has 2 aliphatic heterocycles. The van der Waals surface area contributed by atoms with Gasteiger partial charge in [0.2, 0.25) is 0 Å². The van der Waals surface area contributed by atoms with Crippen molar-refractivity contribution in [3.05, 3.63) is 62.6 Å². The second kappa shape index (κ2) is 9.03. The van der Waals surface area contributed by atoms with Crippen LogP contribution in [0.25, 0.3) is 0 Å². The minimum Gasteiger partial charge on any atom is -0.372 e. The van der Waals surface area contributed by atoms with E-state index in [0.717, 1.165) is 25.0 Å². The normalized spacial score (nSPS) is 22.3. The summed E-state index contributed by atoms with van der Waals surface area (Å²) in [5, 5.41) is 14.9. The Hall–Kier alpha value is -3.10. The Morgan fingerprint density at radius 2 is 1.78 bits per heavy atom. The molecule has 1 saturated carbocycles. The summed E-state index contributed by atoms with van der Waals surface area (Å²) in [6, 6.07) is 5.43. The number of oxime groups is 1. The van der Waals surface area contributed by atoms with E-state index in [1.54, 1.807) is 11.0 Å². The first-order valence-corrected chi connectivity index (χ1v) is 12.2. The average molecular weight is 556 g/mol. The minimum atomic E-state index is -4.92. The summed E-state index contributed by atoms with van der Waals surface area (Å²) < 4.78 is 56.7. The first kappa shape index (κ1) is 25.5. The lowest BCUT2D eigenvalue weighted by Gasteiger charge is -2.30. The number of hydrogen-bond donors (Lipinski definition) is 1. The van der Waals surface area contributed by atoms with Gasteiger partial charge < -0.3 is 15.1 Å². The summed E-state index contributed by atoms with van der Waals surface area (Å²) >= 11 is 11.5. The lowest BCUT2D eigenvalue weighted by molar-refractivity contribution is -0.275. The summed E-state index contributed by atoms with van der Waals surface area (Å²) in [4.78, 5) is 23.6. The van der Waals surface area contributed by atoms with Gasteiger partial charge in [-0.2, -0.15) is 18.4 Å². The van der Waals surface area contributed by atoms with Gasteiger partial charge in [-0.05, 0) is 55.0 Å². The molecule has 1 amide bonds. The topological polar surface area (TPSA) is 90.6 Å². The highest BCUT2D eigenvalue weighted by Gasteiger charge is 2.63. The van der Waals surface area contributed by atoms with E-state index in [1.165, 1.54) is 6.20 Å². The zero-order valence-corrected chi connectivity index (χ0v) is 20.6. The van der Waals surface area contributed by atoms with Crippen LogP contribution in [0.4, 0.5) is 17.6 Å². The zero-order chi connectivity index (χ0) is 26.6. The van der Waals surface area contributed by atoms with Gasteiger partial charge in [-0.25, -0.2) is 4.39 Å². The second-order valence-corrected chi connectivity index (χ2v) is 10.2. The first-order valence-electron chi connectivity index (χ1n) is 11.4. The predicted octanol–water partition coefficient (Wildman–Crippen LogP) is 5.60. The van der Waals surface area contributed by atoms with E-state index in [4.69, 9.17) is 28.0 Å². The van der Waals surface area contributed by atoms with Crippen LogP contribution >= 0.6 is 23.2 Å². The SMILES string of the molecule is N#CC1(NC(=O)c2cc3c(cn2)CN(C2=NOC(c4cc(Cl)c(F)c(Cl)c4)(C(F)(F)F)C2)C3)CCCC1. The van der Waals surface area contributed by atoms with Crippen molar-refractivity contribution in [1.29, 1.82) is 5.26 Å². The van der Waals surface area contributed by atoms with Gasteiger partial charge in [0.05, 0.1) is 22.5 Å². The van der Waals surface area contributed by atoms with Crippen molar-refractivity contribution in [3.8, 4) is 6.07 Å². The average Bonchev–Trinajstić information content (AvgIpc) is 3.59. The van der Waals surface area contributed by atoms with Crippen molar-refractivity contribution >= 4 is 34.9 Å². The zero-order valence-electron chi connectivity index (χ0n) is 19.1. The first-order chi connectivity index (χ1) is 17.5. The van der Waals surface area contributed by atoms with Crippen molar-refractivity contribution in [2.45, 2.75) is 62.5 Å². The molecule has 2 aromatic rings. The van der Waals surface area contributed by atoms with Crippen molar-refractivity contribution < 1.29 is 27.2 Å². The Bertz CT molecular complexity index is 1330. The fraction of sp³-hybridized carbons (Fsp3) is 0.417. The second-order valence-electron chi connectivity index (χ2n) is 9.40. The molecule has 5 rings (SSSR count). The Labute approximate surface area is 219 Å². The molecular weight excluding hydrogens is 537 g/mol. The van der Waals surface area contributed by atoms with Crippen molar-refractivity contribution in [3.63, 3.8) is 0 Å². The van der Waals surface area contributed by atoms with Crippen LogP contribution in [-0.2, 0) is 23.5 Å². The number of aromatic nitrogens is 1.